The summed E-state index contributed by atoms with van der Waals surface area (Å²) in [5.41, 5.74) is 0.610. The standard InChI is InChI=1S/C11H18O3/c1-7(13)9-5-8(6-12)10(14-9)11(2,3)4/h5,7,12-13H,6H2,1-4H3. The second-order valence-electron chi connectivity index (χ2n) is 4.59. The molecule has 80 valence electrons. The van der Waals surface area contributed by atoms with Gasteiger partial charge in [-0.1, -0.05) is 20.8 Å². The van der Waals surface area contributed by atoms with Gasteiger partial charge in [0, 0.05) is 11.0 Å². The van der Waals surface area contributed by atoms with E-state index >= 15 is 0 Å². The molecule has 1 unspecified atom stereocenters. The molecule has 1 atom stereocenters. The highest BCUT2D eigenvalue weighted by Gasteiger charge is 2.24. The monoisotopic (exact) mass is 198 g/mol. The van der Waals surface area contributed by atoms with Crippen molar-refractivity contribution < 1.29 is 14.6 Å². The van der Waals surface area contributed by atoms with Crippen LogP contribution in [0.15, 0.2) is 10.5 Å². The molecule has 1 aromatic rings. The summed E-state index contributed by atoms with van der Waals surface area (Å²) in [7, 11) is 0. The first kappa shape index (κ1) is 11.3. The van der Waals surface area contributed by atoms with Crippen LogP contribution in [0.1, 0.15) is 50.9 Å². The van der Waals surface area contributed by atoms with Crippen LogP contribution in [0.2, 0.25) is 0 Å². The summed E-state index contributed by atoms with van der Waals surface area (Å²) >= 11 is 0. The van der Waals surface area contributed by atoms with Gasteiger partial charge in [0.15, 0.2) is 0 Å². The average molecular weight is 198 g/mol. The Labute approximate surface area is 84.4 Å². The third-order valence-corrected chi connectivity index (χ3v) is 2.09. The van der Waals surface area contributed by atoms with Crippen molar-refractivity contribution in [2.45, 2.75) is 45.8 Å². The molecule has 3 heteroatoms. The Morgan fingerprint density at radius 2 is 2.00 bits per heavy atom. The number of furan rings is 1. The maximum absolute atomic E-state index is 9.35. The second-order valence-corrected chi connectivity index (χ2v) is 4.59. The number of aliphatic hydroxyl groups is 2. The van der Waals surface area contributed by atoms with Gasteiger partial charge in [-0.25, -0.2) is 0 Å². The van der Waals surface area contributed by atoms with Crippen LogP contribution < -0.4 is 0 Å². The van der Waals surface area contributed by atoms with Crippen LogP contribution in [-0.4, -0.2) is 10.2 Å². The summed E-state index contributed by atoms with van der Waals surface area (Å²) in [6.45, 7) is 7.62. The smallest absolute Gasteiger partial charge is 0.132 e. The van der Waals surface area contributed by atoms with Gasteiger partial charge in [-0.2, -0.15) is 0 Å². The molecule has 0 bridgehead atoms. The lowest BCUT2D eigenvalue weighted by Gasteiger charge is -2.16. The lowest BCUT2D eigenvalue weighted by molar-refractivity contribution is 0.164. The molecule has 0 aromatic carbocycles. The van der Waals surface area contributed by atoms with E-state index in [0.717, 1.165) is 11.3 Å². The third kappa shape index (κ3) is 2.16. The Kier molecular flexibility index (Phi) is 3.02. The Balaban J connectivity index is 3.16. The van der Waals surface area contributed by atoms with Crippen molar-refractivity contribution in [3.05, 3.63) is 23.2 Å². The maximum Gasteiger partial charge on any atom is 0.132 e. The van der Waals surface area contributed by atoms with Gasteiger partial charge in [0.05, 0.1) is 6.61 Å². The molecule has 1 aromatic heterocycles. The van der Waals surface area contributed by atoms with Gasteiger partial charge < -0.3 is 14.6 Å². The molecule has 0 aliphatic heterocycles. The Bertz CT molecular complexity index is 305. The zero-order chi connectivity index (χ0) is 10.9. The number of hydrogen-bond donors (Lipinski definition) is 2. The van der Waals surface area contributed by atoms with Crippen molar-refractivity contribution in [2.75, 3.05) is 0 Å². The van der Waals surface area contributed by atoms with Gasteiger partial charge in [-0.3, -0.25) is 0 Å². The van der Waals surface area contributed by atoms with E-state index in [1.165, 1.54) is 0 Å². The number of rotatable bonds is 2. The molecule has 0 fully saturated rings. The fraction of sp³-hybridized carbons (Fsp3) is 0.636. The first-order valence-corrected chi connectivity index (χ1v) is 4.78. The van der Waals surface area contributed by atoms with Gasteiger partial charge >= 0.3 is 0 Å². The summed E-state index contributed by atoms with van der Waals surface area (Å²) in [5, 5.41) is 18.5. The molecule has 0 saturated heterocycles. The molecule has 1 rings (SSSR count). The predicted molar refractivity (Wildman–Crippen MR) is 54.0 cm³/mol. The highest BCUT2D eigenvalue weighted by molar-refractivity contribution is 5.27. The Hall–Kier alpha value is -0.800. The molecule has 0 aliphatic rings. The van der Waals surface area contributed by atoms with Crippen LogP contribution in [-0.2, 0) is 12.0 Å². The van der Waals surface area contributed by atoms with Crippen molar-refractivity contribution in [3.63, 3.8) is 0 Å². The average Bonchev–Trinajstić information content (AvgIpc) is 2.46. The normalized spacial score (nSPS) is 14.4. The van der Waals surface area contributed by atoms with Crippen molar-refractivity contribution in [2.24, 2.45) is 0 Å². The lowest BCUT2D eigenvalue weighted by Crippen LogP contribution is -2.12. The summed E-state index contributed by atoms with van der Waals surface area (Å²) in [5.74, 6) is 1.26. The molecule has 2 N–H and O–H groups in total. The minimum atomic E-state index is -0.628. The molecule has 1 heterocycles. The van der Waals surface area contributed by atoms with Crippen LogP contribution in [0, 0.1) is 0 Å². The van der Waals surface area contributed by atoms with Crippen molar-refractivity contribution in [1.29, 1.82) is 0 Å². The number of hydrogen-bond acceptors (Lipinski definition) is 3. The number of aliphatic hydroxyl groups excluding tert-OH is 2. The van der Waals surface area contributed by atoms with Gasteiger partial charge in [-0.15, -0.1) is 0 Å². The van der Waals surface area contributed by atoms with Crippen molar-refractivity contribution >= 4 is 0 Å². The summed E-state index contributed by atoms with van der Waals surface area (Å²) in [6, 6.07) is 1.71. The van der Waals surface area contributed by atoms with Crippen molar-refractivity contribution in [1.82, 2.24) is 0 Å². The Morgan fingerprint density at radius 1 is 1.43 bits per heavy atom. The van der Waals surface area contributed by atoms with Gasteiger partial charge in [-0.05, 0) is 13.0 Å². The van der Waals surface area contributed by atoms with Crippen LogP contribution in [0.3, 0.4) is 0 Å². The molecule has 0 saturated carbocycles. The van der Waals surface area contributed by atoms with E-state index < -0.39 is 6.10 Å². The molecule has 0 radical (unpaired) electrons. The minimum absolute atomic E-state index is 0.0528. The quantitative estimate of drug-likeness (QED) is 0.765. The minimum Gasteiger partial charge on any atom is -0.462 e. The molecule has 0 spiro atoms. The first-order chi connectivity index (χ1) is 6.36. The van der Waals surface area contributed by atoms with Gasteiger partial charge in [0.2, 0.25) is 0 Å². The lowest BCUT2D eigenvalue weighted by atomic mass is 9.91. The summed E-state index contributed by atoms with van der Waals surface area (Å²) in [6.07, 6.45) is -0.628. The zero-order valence-corrected chi connectivity index (χ0v) is 9.16. The van der Waals surface area contributed by atoms with E-state index in [1.807, 2.05) is 20.8 Å². The molecule has 3 nitrogen and oxygen atoms in total. The van der Waals surface area contributed by atoms with Crippen LogP contribution in [0.5, 0.6) is 0 Å². The molecular weight excluding hydrogens is 180 g/mol. The van der Waals surface area contributed by atoms with E-state index in [9.17, 15) is 5.11 Å². The zero-order valence-electron chi connectivity index (χ0n) is 9.16. The van der Waals surface area contributed by atoms with Crippen molar-refractivity contribution in [3.8, 4) is 0 Å². The third-order valence-electron chi connectivity index (χ3n) is 2.09. The van der Waals surface area contributed by atoms with E-state index in [1.54, 1.807) is 13.0 Å². The van der Waals surface area contributed by atoms with E-state index in [0.29, 0.717) is 5.76 Å². The maximum atomic E-state index is 9.35. The van der Waals surface area contributed by atoms with Crippen LogP contribution >= 0.6 is 0 Å². The first-order valence-electron chi connectivity index (χ1n) is 4.78. The SMILES string of the molecule is CC(O)c1cc(CO)c(C(C)(C)C)o1. The summed E-state index contributed by atoms with van der Waals surface area (Å²) in [4.78, 5) is 0. The van der Waals surface area contributed by atoms with Gasteiger partial charge in [0.1, 0.15) is 17.6 Å². The van der Waals surface area contributed by atoms with Crippen LogP contribution in [0.25, 0.3) is 0 Å². The Morgan fingerprint density at radius 3 is 2.29 bits per heavy atom. The topological polar surface area (TPSA) is 53.6 Å². The molecule has 0 aliphatic carbocycles. The van der Waals surface area contributed by atoms with E-state index in [-0.39, 0.29) is 12.0 Å². The second kappa shape index (κ2) is 3.75. The molecule has 14 heavy (non-hydrogen) atoms. The molecular formula is C11H18O3. The summed E-state index contributed by atoms with van der Waals surface area (Å²) < 4.78 is 5.52. The fourth-order valence-electron chi connectivity index (χ4n) is 1.41. The van der Waals surface area contributed by atoms with E-state index in [2.05, 4.69) is 0 Å². The van der Waals surface area contributed by atoms with Crippen LogP contribution in [0.4, 0.5) is 0 Å². The predicted octanol–water partition coefficient (Wildman–Crippen LogP) is 2.12. The fourth-order valence-corrected chi connectivity index (χ4v) is 1.41. The molecule has 0 amide bonds. The highest BCUT2D eigenvalue weighted by atomic mass is 16.4. The largest absolute Gasteiger partial charge is 0.462 e. The van der Waals surface area contributed by atoms with E-state index in [4.69, 9.17) is 9.52 Å². The highest BCUT2D eigenvalue weighted by Crippen LogP contribution is 2.31. The van der Waals surface area contributed by atoms with Gasteiger partial charge in [0.25, 0.3) is 0 Å².